The molecule has 0 spiro atoms. The Kier molecular flexibility index (Phi) is 6.25. The molecule has 29 heavy (non-hydrogen) atoms. The molecule has 0 N–H and O–H groups in total. The molecule has 0 bridgehead atoms. The Labute approximate surface area is 173 Å². The molecule has 0 unspecified atom stereocenters. The van der Waals surface area contributed by atoms with Gasteiger partial charge in [0.05, 0.1) is 42.5 Å². The van der Waals surface area contributed by atoms with E-state index in [0.29, 0.717) is 33.3 Å². The van der Waals surface area contributed by atoms with Crippen LogP contribution in [0.1, 0.15) is 17.5 Å². The molecule has 3 rings (SSSR count). The standard InChI is InChI=1S/C21H19ClN2O5/c1-27-18-9-19(28-2)17(8-16(18)22)24-11-15(7-20(24)25)21(26)29-12-14-6-4-3-5-13(14)10-23/h3-6,8-9,15H,7,11-12H2,1-2H3/t15-/m1/s1. The van der Waals surface area contributed by atoms with Gasteiger partial charge in [-0.25, -0.2) is 0 Å². The number of esters is 1. The number of carbonyl (C=O) groups is 2. The molecular formula is C21H19ClN2O5. The molecule has 1 amide bonds. The van der Waals surface area contributed by atoms with Crippen molar-refractivity contribution < 1.29 is 23.8 Å². The first-order valence-corrected chi connectivity index (χ1v) is 9.22. The van der Waals surface area contributed by atoms with E-state index in [1.807, 2.05) is 0 Å². The SMILES string of the molecule is COc1cc(OC)c(N2C[C@H](C(=O)OCc3ccccc3C#N)CC2=O)cc1Cl. The maximum absolute atomic E-state index is 12.5. The molecule has 2 aromatic rings. The van der Waals surface area contributed by atoms with Gasteiger partial charge in [-0.2, -0.15) is 5.26 Å². The summed E-state index contributed by atoms with van der Waals surface area (Å²) in [5.41, 5.74) is 1.53. The van der Waals surface area contributed by atoms with Crippen LogP contribution in [-0.4, -0.2) is 32.6 Å². The third-order valence-electron chi connectivity index (χ3n) is 4.71. The van der Waals surface area contributed by atoms with E-state index in [1.54, 1.807) is 36.4 Å². The Morgan fingerprint density at radius 2 is 1.97 bits per heavy atom. The zero-order valence-electron chi connectivity index (χ0n) is 16.0. The van der Waals surface area contributed by atoms with Crippen molar-refractivity contribution in [3.63, 3.8) is 0 Å². The van der Waals surface area contributed by atoms with Crippen molar-refractivity contribution in [1.29, 1.82) is 5.26 Å². The number of amides is 1. The summed E-state index contributed by atoms with van der Waals surface area (Å²) in [6.07, 6.45) is 0.0194. The molecular weight excluding hydrogens is 396 g/mol. The summed E-state index contributed by atoms with van der Waals surface area (Å²) in [7, 11) is 2.96. The van der Waals surface area contributed by atoms with Gasteiger partial charge < -0.3 is 19.1 Å². The predicted molar refractivity (Wildman–Crippen MR) is 106 cm³/mol. The number of methoxy groups -OCH3 is 2. The Hall–Kier alpha value is -3.24. The first kappa shape index (κ1) is 20.5. The fraction of sp³-hybridized carbons (Fsp3) is 0.286. The van der Waals surface area contributed by atoms with Crippen molar-refractivity contribution in [3.8, 4) is 17.6 Å². The molecule has 1 atom stereocenters. The summed E-state index contributed by atoms with van der Waals surface area (Å²) in [6, 6.07) is 12.1. The van der Waals surface area contributed by atoms with E-state index in [0.717, 1.165) is 0 Å². The summed E-state index contributed by atoms with van der Waals surface area (Å²) in [5, 5.41) is 9.46. The lowest BCUT2D eigenvalue weighted by Gasteiger charge is -2.20. The van der Waals surface area contributed by atoms with Crippen LogP contribution < -0.4 is 14.4 Å². The molecule has 150 valence electrons. The number of anilines is 1. The Bertz CT molecular complexity index is 986. The number of hydrogen-bond donors (Lipinski definition) is 0. The maximum atomic E-state index is 12.5. The van der Waals surface area contributed by atoms with Crippen molar-refractivity contribution in [3.05, 3.63) is 52.5 Å². The predicted octanol–water partition coefficient (Wildman–Crippen LogP) is 3.33. The van der Waals surface area contributed by atoms with Crippen molar-refractivity contribution >= 4 is 29.2 Å². The lowest BCUT2D eigenvalue weighted by atomic mass is 10.1. The van der Waals surface area contributed by atoms with E-state index < -0.39 is 11.9 Å². The lowest BCUT2D eigenvalue weighted by Crippen LogP contribution is -2.27. The molecule has 2 aromatic carbocycles. The molecule has 7 nitrogen and oxygen atoms in total. The van der Waals surface area contributed by atoms with Gasteiger partial charge in [0, 0.05) is 24.6 Å². The van der Waals surface area contributed by atoms with E-state index in [1.165, 1.54) is 19.1 Å². The summed E-state index contributed by atoms with van der Waals surface area (Å²) in [4.78, 5) is 26.5. The number of hydrogen-bond acceptors (Lipinski definition) is 6. The van der Waals surface area contributed by atoms with Crippen LogP contribution in [0.5, 0.6) is 11.5 Å². The van der Waals surface area contributed by atoms with Crippen LogP contribution in [0.2, 0.25) is 5.02 Å². The zero-order chi connectivity index (χ0) is 21.0. The molecule has 0 aliphatic carbocycles. The number of rotatable bonds is 6. The van der Waals surface area contributed by atoms with Gasteiger partial charge in [-0.3, -0.25) is 9.59 Å². The minimum absolute atomic E-state index is 0.0194. The molecule has 1 aliphatic heterocycles. The average molecular weight is 415 g/mol. The molecule has 1 saturated heterocycles. The summed E-state index contributed by atoms with van der Waals surface area (Å²) in [5.74, 6) is -0.513. The summed E-state index contributed by atoms with van der Waals surface area (Å²) < 4.78 is 15.9. The number of halogens is 1. The van der Waals surface area contributed by atoms with E-state index in [-0.39, 0.29) is 25.5 Å². The van der Waals surface area contributed by atoms with Crippen LogP contribution in [0.25, 0.3) is 0 Å². The van der Waals surface area contributed by atoms with E-state index >= 15 is 0 Å². The second kappa shape index (κ2) is 8.84. The van der Waals surface area contributed by atoms with Crippen LogP contribution in [0, 0.1) is 17.2 Å². The second-order valence-corrected chi connectivity index (χ2v) is 6.85. The first-order valence-electron chi connectivity index (χ1n) is 8.85. The summed E-state index contributed by atoms with van der Waals surface area (Å²) >= 11 is 6.19. The normalized spacial score (nSPS) is 15.7. The van der Waals surface area contributed by atoms with Gasteiger partial charge in [-0.15, -0.1) is 0 Å². The van der Waals surface area contributed by atoms with Crippen LogP contribution in [-0.2, 0) is 20.9 Å². The van der Waals surface area contributed by atoms with E-state index in [2.05, 4.69) is 6.07 Å². The first-order chi connectivity index (χ1) is 14.0. The van der Waals surface area contributed by atoms with Gasteiger partial charge in [0.25, 0.3) is 0 Å². The smallest absolute Gasteiger partial charge is 0.311 e. The van der Waals surface area contributed by atoms with E-state index in [4.69, 9.17) is 31.1 Å². The third kappa shape index (κ3) is 4.28. The molecule has 1 heterocycles. The minimum atomic E-state index is -0.623. The van der Waals surface area contributed by atoms with Gasteiger partial charge in [-0.05, 0) is 12.1 Å². The molecule has 0 radical (unpaired) electrons. The van der Waals surface area contributed by atoms with Gasteiger partial charge >= 0.3 is 5.97 Å². The number of nitriles is 1. The highest BCUT2D eigenvalue weighted by atomic mass is 35.5. The van der Waals surface area contributed by atoms with Gasteiger partial charge in [0.1, 0.15) is 18.1 Å². The topological polar surface area (TPSA) is 88.9 Å². The highest BCUT2D eigenvalue weighted by Gasteiger charge is 2.37. The lowest BCUT2D eigenvalue weighted by molar-refractivity contribution is -0.149. The second-order valence-electron chi connectivity index (χ2n) is 6.44. The van der Waals surface area contributed by atoms with Crippen molar-refractivity contribution in [1.82, 2.24) is 0 Å². The van der Waals surface area contributed by atoms with Crippen molar-refractivity contribution in [2.75, 3.05) is 25.7 Å². The quantitative estimate of drug-likeness (QED) is 0.673. The molecule has 8 heteroatoms. The maximum Gasteiger partial charge on any atom is 0.311 e. The fourth-order valence-electron chi connectivity index (χ4n) is 3.18. The van der Waals surface area contributed by atoms with Crippen LogP contribution >= 0.6 is 11.6 Å². The molecule has 1 fully saturated rings. The number of benzene rings is 2. The number of carbonyl (C=O) groups excluding carboxylic acids is 2. The monoisotopic (exact) mass is 414 g/mol. The Balaban J connectivity index is 1.73. The highest BCUT2D eigenvalue weighted by molar-refractivity contribution is 6.32. The van der Waals surface area contributed by atoms with Gasteiger partial charge in [-0.1, -0.05) is 29.8 Å². The number of nitrogens with zero attached hydrogens (tertiary/aromatic N) is 2. The van der Waals surface area contributed by atoms with Crippen molar-refractivity contribution in [2.45, 2.75) is 13.0 Å². The Morgan fingerprint density at radius 1 is 1.24 bits per heavy atom. The molecule has 1 aliphatic rings. The van der Waals surface area contributed by atoms with Crippen molar-refractivity contribution in [2.24, 2.45) is 5.92 Å². The van der Waals surface area contributed by atoms with Crippen LogP contribution in [0.15, 0.2) is 36.4 Å². The van der Waals surface area contributed by atoms with Crippen LogP contribution in [0.4, 0.5) is 5.69 Å². The summed E-state index contributed by atoms with van der Waals surface area (Å²) in [6.45, 7) is 0.127. The van der Waals surface area contributed by atoms with Gasteiger partial charge in [0.15, 0.2) is 0 Å². The van der Waals surface area contributed by atoms with E-state index in [9.17, 15) is 9.59 Å². The zero-order valence-corrected chi connectivity index (χ0v) is 16.7. The fourth-order valence-corrected chi connectivity index (χ4v) is 3.41. The molecule has 0 aromatic heterocycles. The minimum Gasteiger partial charge on any atom is -0.495 e. The highest BCUT2D eigenvalue weighted by Crippen LogP contribution is 2.40. The third-order valence-corrected chi connectivity index (χ3v) is 5.01. The average Bonchev–Trinajstić information content (AvgIpc) is 3.13. The van der Waals surface area contributed by atoms with Crippen LogP contribution in [0.3, 0.4) is 0 Å². The largest absolute Gasteiger partial charge is 0.495 e. The van der Waals surface area contributed by atoms with Gasteiger partial charge in [0.2, 0.25) is 5.91 Å². The Morgan fingerprint density at radius 3 is 2.66 bits per heavy atom. The number of ether oxygens (including phenoxy) is 3. The molecule has 0 saturated carbocycles.